The predicted molar refractivity (Wildman–Crippen MR) is 137 cm³/mol. The third-order valence-electron chi connectivity index (χ3n) is 6.08. The summed E-state index contributed by atoms with van der Waals surface area (Å²) >= 11 is 0. The lowest BCUT2D eigenvalue weighted by atomic mass is 10.1. The zero-order valence-electron chi connectivity index (χ0n) is 20.1. The lowest BCUT2D eigenvalue weighted by molar-refractivity contribution is -0.137. The Kier molecular flexibility index (Phi) is 6.95. The van der Waals surface area contributed by atoms with Crippen molar-refractivity contribution in [3.8, 4) is 5.88 Å². The van der Waals surface area contributed by atoms with E-state index in [0.29, 0.717) is 43.6 Å². The van der Waals surface area contributed by atoms with Crippen LogP contribution < -0.4 is 15.0 Å². The highest BCUT2D eigenvalue weighted by Crippen LogP contribution is 2.39. The highest BCUT2D eigenvalue weighted by Gasteiger charge is 2.28. The van der Waals surface area contributed by atoms with Crippen LogP contribution in [0.2, 0.25) is 0 Å². The number of hydrogen-bond acceptors (Lipinski definition) is 7. The van der Waals surface area contributed by atoms with Crippen molar-refractivity contribution in [3.63, 3.8) is 0 Å². The summed E-state index contributed by atoms with van der Waals surface area (Å²) in [6, 6.07) is 21.5. The standard InChI is InChI=1S/C28H28N4O4/c1-20-16-25-24(28(29-20)36-19-27(34)31-12-14-35-15-13-31)17-23(33)18-26(30-21-8-4-2-5-9-21)32(25)22-10-6-3-7-11-22/h2-11,16,18,30H,12-15,17,19H2,1H3. The molecule has 8 nitrogen and oxygen atoms in total. The number of nitrogens with zero attached hydrogens (tertiary/aromatic N) is 3. The number of pyridine rings is 1. The molecule has 0 atom stereocenters. The van der Waals surface area contributed by atoms with Gasteiger partial charge in [-0.3, -0.25) is 14.5 Å². The number of fused-ring (bicyclic) bond motifs is 1. The zero-order chi connectivity index (χ0) is 24.9. The number of carbonyl (C=O) groups excluding carboxylic acids is 2. The molecule has 3 aromatic rings. The molecule has 1 N–H and O–H groups in total. The van der Waals surface area contributed by atoms with Crippen molar-refractivity contribution in [1.29, 1.82) is 0 Å². The average Bonchev–Trinajstić information content (AvgIpc) is 3.04. The fraction of sp³-hybridized carbons (Fsp3) is 0.250. The van der Waals surface area contributed by atoms with Crippen molar-refractivity contribution in [3.05, 3.63) is 89.9 Å². The molecular formula is C28H28N4O4. The van der Waals surface area contributed by atoms with Gasteiger partial charge in [0.1, 0.15) is 5.82 Å². The number of nitrogens with one attached hydrogen (secondary N) is 1. The highest BCUT2D eigenvalue weighted by molar-refractivity contribution is 5.97. The van der Waals surface area contributed by atoms with Gasteiger partial charge in [-0.25, -0.2) is 4.98 Å². The number of ether oxygens (including phenoxy) is 2. The molecule has 0 radical (unpaired) electrons. The van der Waals surface area contributed by atoms with E-state index in [9.17, 15) is 9.59 Å². The number of amides is 1. The maximum Gasteiger partial charge on any atom is 0.260 e. The molecule has 0 aliphatic carbocycles. The van der Waals surface area contributed by atoms with Crippen LogP contribution >= 0.6 is 0 Å². The first kappa shape index (κ1) is 23.6. The first-order valence-corrected chi connectivity index (χ1v) is 12.0. The zero-order valence-corrected chi connectivity index (χ0v) is 20.1. The molecule has 1 amide bonds. The molecular weight excluding hydrogens is 456 g/mol. The van der Waals surface area contributed by atoms with Crippen LogP contribution in [0.4, 0.5) is 17.1 Å². The van der Waals surface area contributed by atoms with E-state index in [-0.39, 0.29) is 24.7 Å². The highest BCUT2D eigenvalue weighted by atomic mass is 16.5. The molecule has 0 unspecified atom stereocenters. The molecule has 8 heteroatoms. The molecule has 36 heavy (non-hydrogen) atoms. The van der Waals surface area contributed by atoms with Crippen LogP contribution in [-0.4, -0.2) is 54.5 Å². The molecule has 1 aromatic heterocycles. The second-order valence-corrected chi connectivity index (χ2v) is 8.68. The van der Waals surface area contributed by atoms with E-state index in [4.69, 9.17) is 9.47 Å². The number of allylic oxidation sites excluding steroid dienone is 1. The van der Waals surface area contributed by atoms with Crippen molar-refractivity contribution >= 4 is 28.8 Å². The molecule has 2 aliphatic heterocycles. The van der Waals surface area contributed by atoms with Gasteiger partial charge in [0.2, 0.25) is 5.88 Å². The summed E-state index contributed by atoms with van der Waals surface area (Å²) in [5.74, 6) is 0.704. The molecule has 1 saturated heterocycles. The van der Waals surface area contributed by atoms with E-state index in [1.54, 1.807) is 11.0 Å². The normalized spacial score (nSPS) is 15.6. The van der Waals surface area contributed by atoms with Crippen LogP contribution in [0.25, 0.3) is 0 Å². The van der Waals surface area contributed by atoms with Gasteiger partial charge < -0.3 is 19.7 Å². The van der Waals surface area contributed by atoms with Crippen LogP contribution in [0.5, 0.6) is 5.88 Å². The predicted octanol–water partition coefficient (Wildman–Crippen LogP) is 3.84. The van der Waals surface area contributed by atoms with E-state index in [2.05, 4.69) is 10.3 Å². The molecule has 5 rings (SSSR count). The molecule has 3 heterocycles. The molecule has 2 aromatic carbocycles. The third-order valence-corrected chi connectivity index (χ3v) is 6.08. The number of para-hydroxylation sites is 2. The molecule has 0 saturated carbocycles. The van der Waals surface area contributed by atoms with Crippen molar-refractivity contribution < 1.29 is 19.1 Å². The minimum absolute atomic E-state index is 0.0943. The Morgan fingerprint density at radius 2 is 1.75 bits per heavy atom. The third kappa shape index (κ3) is 5.23. The summed E-state index contributed by atoms with van der Waals surface area (Å²) in [6.07, 6.45) is 1.71. The largest absolute Gasteiger partial charge is 0.467 e. The fourth-order valence-electron chi connectivity index (χ4n) is 4.36. The summed E-state index contributed by atoms with van der Waals surface area (Å²) in [5.41, 5.74) is 3.88. The maximum absolute atomic E-state index is 13.1. The number of carbonyl (C=O) groups is 2. The summed E-state index contributed by atoms with van der Waals surface area (Å²) in [4.78, 5) is 34.1. The Balaban J connectivity index is 1.52. The van der Waals surface area contributed by atoms with Crippen molar-refractivity contribution in [2.75, 3.05) is 43.1 Å². The van der Waals surface area contributed by atoms with Crippen molar-refractivity contribution in [1.82, 2.24) is 9.88 Å². The van der Waals surface area contributed by atoms with Crippen LogP contribution in [0.1, 0.15) is 11.3 Å². The van der Waals surface area contributed by atoms with E-state index >= 15 is 0 Å². The molecule has 0 spiro atoms. The van der Waals surface area contributed by atoms with Gasteiger partial charge in [0.25, 0.3) is 5.91 Å². The Labute approximate surface area is 210 Å². The average molecular weight is 485 g/mol. The Bertz CT molecular complexity index is 1270. The smallest absolute Gasteiger partial charge is 0.260 e. The van der Waals surface area contributed by atoms with Crippen LogP contribution in [0.15, 0.2) is 78.6 Å². The summed E-state index contributed by atoms with van der Waals surface area (Å²) in [6.45, 7) is 3.85. The molecule has 0 bridgehead atoms. The topological polar surface area (TPSA) is 84.0 Å². The van der Waals surface area contributed by atoms with Gasteiger partial charge in [0.15, 0.2) is 12.4 Å². The number of benzene rings is 2. The number of aromatic nitrogens is 1. The molecule has 1 fully saturated rings. The van der Waals surface area contributed by atoms with E-state index in [1.807, 2.05) is 78.6 Å². The van der Waals surface area contributed by atoms with E-state index in [1.165, 1.54) is 0 Å². The summed E-state index contributed by atoms with van der Waals surface area (Å²) in [5, 5.41) is 3.41. The number of anilines is 3. The number of aryl methyl sites for hydroxylation is 1. The maximum atomic E-state index is 13.1. The van der Waals surface area contributed by atoms with Crippen LogP contribution in [0, 0.1) is 6.92 Å². The number of rotatable bonds is 6. The van der Waals surface area contributed by atoms with E-state index < -0.39 is 0 Å². The van der Waals surface area contributed by atoms with Gasteiger partial charge in [-0.05, 0) is 37.3 Å². The second-order valence-electron chi connectivity index (χ2n) is 8.68. The minimum atomic E-state index is -0.148. The Hall–Kier alpha value is -4.17. The van der Waals surface area contributed by atoms with Gasteiger partial charge in [0.05, 0.1) is 18.9 Å². The second kappa shape index (κ2) is 10.6. The first-order chi connectivity index (χ1) is 17.6. The first-order valence-electron chi connectivity index (χ1n) is 12.0. The van der Waals surface area contributed by atoms with E-state index in [0.717, 1.165) is 22.8 Å². The quantitative estimate of drug-likeness (QED) is 0.569. The monoisotopic (exact) mass is 484 g/mol. The Morgan fingerprint density at radius 3 is 2.47 bits per heavy atom. The fourth-order valence-corrected chi connectivity index (χ4v) is 4.36. The summed E-state index contributed by atoms with van der Waals surface area (Å²) < 4.78 is 11.3. The lowest BCUT2D eigenvalue weighted by Gasteiger charge is -2.30. The number of ketones is 1. The Morgan fingerprint density at radius 1 is 1.06 bits per heavy atom. The van der Waals surface area contributed by atoms with Crippen LogP contribution in [-0.2, 0) is 20.7 Å². The van der Waals surface area contributed by atoms with Gasteiger partial charge in [0, 0.05) is 48.2 Å². The lowest BCUT2D eigenvalue weighted by Crippen LogP contribution is -2.43. The van der Waals surface area contributed by atoms with Gasteiger partial charge in [-0.2, -0.15) is 0 Å². The van der Waals surface area contributed by atoms with Crippen molar-refractivity contribution in [2.24, 2.45) is 0 Å². The minimum Gasteiger partial charge on any atom is -0.467 e. The molecule has 184 valence electrons. The summed E-state index contributed by atoms with van der Waals surface area (Å²) in [7, 11) is 0. The van der Waals surface area contributed by atoms with Crippen molar-refractivity contribution in [2.45, 2.75) is 13.3 Å². The van der Waals surface area contributed by atoms with Gasteiger partial charge in [-0.15, -0.1) is 0 Å². The van der Waals surface area contributed by atoms with Gasteiger partial charge in [-0.1, -0.05) is 36.4 Å². The molecule has 2 aliphatic rings. The SMILES string of the molecule is Cc1cc2c(c(OCC(=O)N3CCOCC3)n1)CC(=O)C=C(Nc1ccccc1)N2c1ccccc1. The number of hydrogen-bond donors (Lipinski definition) is 1. The number of morpholine rings is 1. The van der Waals surface area contributed by atoms with Crippen LogP contribution in [0.3, 0.4) is 0 Å². The van der Waals surface area contributed by atoms with Gasteiger partial charge >= 0.3 is 0 Å².